The molecule has 6 heteroatoms. The van der Waals surface area contributed by atoms with E-state index in [2.05, 4.69) is 22.8 Å². The van der Waals surface area contributed by atoms with Gasteiger partial charge in [-0.1, -0.05) is 42.5 Å². The molecule has 4 rings (SSSR count). The lowest BCUT2D eigenvalue weighted by Gasteiger charge is -2.25. The average molecular weight is 445 g/mol. The molecule has 2 N–H and O–H groups in total. The Morgan fingerprint density at radius 3 is 2.64 bits per heavy atom. The SMILES string of the molecule is COc1ccccc1C(=O)Nc1ccc2c(c1)C[C@H](C(=O)NCCCc1ccccc1)CO2. The predicted octanol–water partition coefficient (Wildman–Crippen LogP) is 4.25. The molecule has 0 radical (unpaired) electrons. The Balaban J connectivity index is 1.33. The van der Waals surface area contributed by atoms with E-state index in [-0.39, 0.29) is 17.7 Å². The van der Waals surface area contributed by atoms with E-state index in [4.69, 9.17) is 9.47 Å². The van der Waals surface area contributed by atoms with Crippen LogP contribution in [0.4, 0.5) is 5.69 Å². The van der Waals surface area contributed by atoms with E-state index in [1.807, 2.05) is 36.4 Å². The number of benzene rings is 3. The van der Waals surface area contributed by atoms with Crippen molar-refractivity contribution in [1.82, 2.24) is 5.32 Å². The van der Waals surface area contributed by atoms with Crippen LogP contribution in [-0.2, 0) is 17.6 Å². The summed E-state index contributed by atoms with van der Waals surface area (Å²) in [5.74, 6) is 0.752. The first kappa shape index (κ1) is 22.4. The van der Waals surface area contributed by atoms with Crippen molar-refractivity contribution in [2.75, 3.05) is 25.6 Å². The third-order valence-electron chi connectivity index (χ3n) is 5.73. The molecule has 33 heavy (non-hydrogen) atoms. The molecule has 1 aliphatic heterocycles. The van der Waals surface area contributed by atoms with Gasteiger partial charge < -0.3 is 20.1 Å². The fourth-order valence-electron chi connectivity index (χ4n) is 3.96. The van der Waals surface area contributed by atoms with Gasteiger partial charge in [0.2, 0.25) is 5.91 Å². The molecule has 0 unspecified atom stereocenters. The Morgan fingerprint density at radius 2 is 1.82 bits per heavy atom. The number of rotatable bonds is 8. The summed E-state index contributed by atoms with van der Waals surface area (Å²) in [6.07, 6.45) is 2.39. The van der Waals surface area contributed by atoms with Crippen molar-refractivity contribution < 1.29 is 19.1 Å². The number of anilines is 1. The molecule has 1 aliphatic rings. The largest absolute Gasteiger partial charge is 0.496 e. The summed E-state index contributed by atoms with van der Waals surface area (Å²) in [5, 5.41) is 5.94. The quantitative estimate of drug-likeness (QED) is 0.510. The van der Waals surface area contributed by atoms with Gasteiger partial charge in [0.05, 0.1) is 18.6 Å². The van der Waals surface area contributed by atoms with E-state index in [1.54, 1.807) is 24.3 Å². The second-order valence-corrected chi connectivity index (χ2v) is 8.07. The third kappa shape index (κ3) is 5.71. The summed E-state index contributed by atoms with van der Waals surface area (Å²) in [6.45, 7) is 0.983. The fourth-order valence-corrected chi connectivity index (χ4v) is 3.96. The van der Waals surface area contributed by atoms with Crippen LogP contribution >= 0.6 is 0 Å². The van der Waals surface area contributed by atoms with Crippen LogP contribution in [0.2, 0.25) is 0 Å². The zero-order chi connectivity index (χ0) is 23.0. The molecular formula is C27H28N2O4. The second-order valence-electron chi connectivity index (χ2n) is 8.07. The van der Waals surface area contributed by atoms with Crippen molar-refractivity contribution in [1.29, 1.82) is 0 Å². The maximum Gasteiger partial charge on any atom is 0.259 e. The summed E-state index contributed by atoms with van der Waals surface area (Å²) < 4.78 is 11.1. The topological polar surface area (TPSA) is 76.7 Å². The first-order chi connectivity index (χ1) is 16.1. The van der Waals surface area contributed by atoms with Crippen LogP contribution in [0.1, 0.15) is 27.9 Å². The summed E-state index contributed by atoms with van der Waals surface area (Å²) in [4.78, 5) is 25.4. The number of methoxy groups -OCH3 is 1. The van der Waals surface area contributed by atoms with Crippen LogP contribution in [0, 0.1) is 5.92 Å². The van der Waals surface area contributed by atoms with Gasteiger partial charge in [-0.05, 0) is 60.7 Å². The molecule has 0 fully saturated rings. The molecule has 0 aliphatic carbocycles. The molecule has 1 heterocycles. The van der Waals surface area contributed by atoms with Gasteiger partial charge in [0, 0.05) is 12.2 Å². The van der Waals surface area contributed by atoms with E-state index >= 15 is 0 Å². The molecule has 1 atom stereocenters. The van der Waals surface area contributed by atoms with Crippen molar-refractivity contribution in [3.05, 3.63) is 89.5 Å². The van der Waals surface area contributed by atoms with Gasteiger partial charge in [0.15, 0.2) is 0 Å². The van der Waals surface area contributed by atoms with Crippen molar-refractivity contribution in [3.8, 4) is 11.5 Å². The number of carbonyl (C=O) groups is 2. The maximum absolute atomic E-state index is 12.7. The Labute approximate surface area is 193 Å². The number of amides is 2. The van der Waals surface area contributed by atoms with Crippen LogP contribution in [0.15, 0.2) is 72.8 Å². The molecule has 0 spiro atoms. The predicted molar refractivity (Wildman–Crippen MR) is 128 cm³/mol. The number of aryl methyl sites for hydroxylation is 1. The van der Waals surface area contributed by atoms with E-state index in [0.717, 1.165) is 24.2 Å². The smallest absolute Gasteiger partial charge is 0.259 e. The number of ether oxygens (including phenoxy) is 2. The lowest BCUT2D eigenvalue weighted by atomic mass is 9.95. The second kappa shape index (κ2) is 10.7. The van der Waals surface area contributed by atoms with E-state index < -0.39 is 0 Å². The summed E-state index contributed by atoms with van der Waals surface area (Å²) in [5.41, 5.74) is 3.28. The molecule has 0 saturated carbocycles. The minimum atomic E-state index is -0.255. The Bertz CT molecular complexity index is 1110. The van der Waals surface area contributed by atoms with Crippen molar-refractivity contribution in [2.45, 2.75) is 19.3 Å². The molecule has 0 bridgehead atoms. The number of nitrogens with one attached hydrogen (secondary N) is 2. The highest BCUT2D eigenvalue weighted by Gasteiger charge is 2.26. The van der Waals surface area contributed by atoms with Gasteiger partial charge >= 0.3 is 0 Å². The number of hydrogen-bond acceptors (Lipinski definition) is 4. The van der Waals surface area contributed by atoms with Gasteiger partial charge in [-0.15, -0.1) is 0 Å². The number of fused-ring (bicyclic) bond motifs is 1. The van der Waals surface area contributed by atoms with Crippen LogP contribution in [-0.4, -0.2) is 32.1 Å². The van der Waals surface area contributed by atoms with E-state index in [0.29, 0.717) is 36.6 Å². The van der Waals surface area contributed by atoms with E-state index in [1.165, 1.54) is 12.7 Å². The Kier molecular flexibility index (Phi) is 7.25. The molecule has 170 valence electrons. The van der Waals surface area contributed by atoms with Crippen molar-refractivity contribution >= 4 is 17.5 Å². The highest BCUT2D eigenvalue weighted by Crippen LogP contribution is 2.30. The number of para-hydroxylation sites is 1. The van der Waals surface area contributed by atoms with Gasteiger partial charge in [0.1, 0.15) is 18.1 Å². The molecule has 2 amide bonds. The van der Waals surface area contributed by atoms with Crippen molar-refractivity contribution in [3.63, 3.8) is 0 Å². The molecule has 3 aromatic rings. The number of hydrogen-bond donors (Lipinski definition) is 2. The average Bonchev–Trinajstić information content (AvgIpc) is 2.86. The third-order valence-corrected chi connectivity index (χ3v) is 5.73. The van der Waals surface area contributed by atoms with E-state index in [9.17, 15) is 9.59 Å². The highest BCUT2D eigenvalue weighted by atomic mass is 16.5. The van der Waals surface area contributed by atoms with Gasteiger partial charge in [-0.2, -0.15) is 0 Å². The van der Waals surface area contributed by atoms with Gasteiger partial charge in [-0.25, -0.2) is 0 Å². The maximum atomic E-state index is 12.7. The molecule has 3 aromatic carbocycles. The minimum absolute atomic E-state index is 0.00262. The Hall–Kier alpha value is -3.80. The number of carbonyl (C=O) groups excluding carboxylic acids is 2. The summed E-state index contributed by atoms with van der Waals surface area (Å²) in [7, 11) is 1.54. The minimum Gasteiger partial charge on any atom is -0.496 e. The lowest BCUT2D eigenvalue weighted by molar-refractivity contribution is -0.126. The molecular weight excluding hydrogens is 416 g/mol. The van der Waals surface area contributed by atoms with Crippen LogP contribution < -0.4 is 20.1 Å². The summed E-state index contributed by atoms with van der Waals surface area (Å²) >= 11 is 0. The first-order valence-electron chi connectivity index (χ1n) is 11.2. The standard InChI is InChI=1S/C27H28N2O4/c1-32-25-12-6-5-11-23(25)27(31)29-22-13-14-24-20(17-22)16-21(18-33-24)26(30)28-15-7-10-19-8-3-2-4-9-19/h2-6,8-9,11-14,17,21H,7,10,15-16,18H2,1H3,(H,28,30)(H,29,31)/t21-/m0/s1. The lowest BCUT2D eigenvalue weighted by Crippen LogP contribution is -2.37. The van der Waals surface area contributed by atoms with Crippen LogP contribution in [0.3, 0.4) is 0 Å². The zero-order valence-corrected chi connectivity index (χ0v) is 18.7. The molecule has 0 saturated heterocycles. The zero-order valence-electron chi connectivity index (χ0n) is 18.7. The van der Waals surface area contributed by atoms with Gasteiger partial charge in [-0.3, -0.25) is 9.59 Å². The van der Waals surface area contributed by atoms with Crippen molar-refractivity contribution in [2.24, 2.45) is 5.92 Å². The molecule has 6 nitrogen and oxygen atoms in total. The van der Waals surface area contributed by atoms with Crippen LogP contribution in [0.25, 0.3) is 0 Å². The first-order valence-corrected chi connectivity index (χ1v) is 11.2. The highest BCUT2D eigenvalue weighted by molar-refractivity contribution is 6.06. The fraction of sp³-hybridized carbons (Fsp3) is 0.259. The molecule has 0 aromatic heterocycles. The monoisotopic (exact) mass is 444 g/mol. The Morgan fingerprint density at radius 1 is 1.03 bits per heavy atom. The van der Waals surface area contributed by atoms with Gasteiger partial charge in [0.25, 0.3) is 5.91 Å². The normalized spacial score (nSPS) is 14.5. The summed E-state index contributed by atoms with van der Waals surface area (Å²) in [6, 6.07) is 22.8. The van der Waals surface area contributed by atoms with Crippen LogP contribution in [0.5, 0.6) is 11.5 Å².